The fourth-order valence-corrected chi connectivity index (χ4v) is 3.68. The number of benzene rings is 1. The van der Waals surface area contributed by atoms with Crippen LogP contribution in [0.25, 0.3) is 0 Å². The molecule has 1 aliphatic rings. The Kier molecular flexibility index (Phi) is 9.20. The molecule has 1 unspecified atom stereocenters. The lowest BCUT2D eigenvalue weighted by Gasteiger charge is -2.26. The number of aliphatic imine (C=N–C) groups is 1. The number of nitrogens with one attached hydrogen (secondary N) is 1. The number of nitrogens with zero attached hydrogens (tertiary/aromatic N) is 3. The smallest absolute Gasteiger partial charge is 0.357 e. The maximum atomic E-state index is 13.2. The van der Waals surface area contributed by atoms with E-state index in [0.717, 1.165) is 43.9 Å². The summed E-state index contributed by atoms with van der Waals surface area (Å²) in [5, 5.41) is 3.28. The number of guanidine groups is 1. The van der Waals surface area contributed by atoms with Crippen molar-refractivity contribution in [3.05, 3.63) is 35.6 Å². The van der Waals surface area contributed by atoms with Crippen molar-refractivity contribution >= 4 is 5.96 Å². The van der Waals surface area contributed by atoms with Gasteiger partial charge in [-0.25, -0.2) is 4.39 Å². The first-order valence-corrected chi connectivity index (χ1v) is 10.4. The Morgan fingerprint density at radius 1 is 1.31 bits per heavy atom. The molecule has 1 N–H and O–H groups in total. The highest BCUT2D eigenvalue weighted by molar-refractivity contribution is 5.80. The average molecular weight is 417 g/mol. The fourth-order valence-electron chi connectivity index (χ4n) is 3.68. The van der Waals surface area contributed by atoms with Crippen LogP contribution in [-0.4, -0.2) is 67.7 Å². The van der Waals surface area contributed by atoms with Crippen LogP contribution < -0.4 is 5.32 Å². The van der Waals surface area contributed by atoms with Gasteiger partial charge in [0, 0.05) is 32.7 Å². The average Bonchev–Trinajstić information content (AvgIpc) is 3.11. The van der Waals surface area contributed by atoms with E-state index in [1.54, 1.807) is 19.1 Å². The summed E-state index contributed by atoms with van der Waals surface area (Å²) in [7, 11) is 0. The summed E-state index contributed by atoms with van der Waals surface area (Å²) in [5.41, 5.74) is 0.954. The molecule has 29 heavy (non-hydrogen) atoms. The molecule has 1 aromatic carbocycles. The van der Waals surface area contributed by atoms with Gasteiger partial charge in [0.05, 0.1) is 6.54 Å². The number of halogens is 4. The molecule has 1 aromatic rings. The van der Waals surface area contributed by atoms with E-state index >= 15 is 0 Å². The Morgan fingerprint density at radius 2 is 2.10 bits per heavy atom. The Balaban J connectivity index is 1.84. The Morgan fingerprint density at radius 3 is 2.76 bits per heavy atom. The highest BCUT2D eigenvalue weighted by Gasteiger charge is 2.32. The maximum absolute atomic E-state index is 13.2. The predicted molar refractivity (Wildman–Crippen MR) is 109 cm³/mol. The monoisotopic (exact) mass is 416 g/mol. The normalized spacial score (nSPS) is 18.0. The second kappa shape index (κ2) is 11.4. The van der Waals surface area contributed by atoms with E-state index < -0.39 is 12.7 Å². The molecule has 8 heteroatoms. The zero-order chi connectivity index (χ0) is 21.3. The SMILES string of the molecule is CCNC(=NCCCc1cccc(F)c1)N1CCC(CN(CC)CC(F)(F)F)C1. The van der Waals surface area contributed by atoms with Gasteiger partial charge in [-0.05, 0) is 56.3 Å². The third kappa shape index (κ3) is 8.60. The van der Waals surface area contributed by atoms with Crippen LogP contribution in [0.4, 0.5) is 17.6 Å². The minimum atomic E-state index is -4.16. The molecule has 0 radical (unpaired) electrons. The second-order valence-corrected chi connectivity index (χ2v) is 7.51. The summed E-state index contributed by atoms with van der Waals surface area (Å²) in [6.45, 7) is 6.62. The van der Waals surface area contributed by atoms with Crippen molar-refractivity contribution in [3.63, 3.8) is 0 Å². The summed E-state index contributed by atoms with van der Waals surface area (Å²) in [4.78, 5) is 8.28. The summed E-state index contributed by atoms with van der Waals surface area (Å²) in [6.07, 6.45) is -1.73. The minimum absolute atomic E-state index is 0.202. The molecule has 1 aliphatic heterocycles. The van der Waals surface area contributed by atoms with Gasteiger partial charge in [-0.1, -0.05) is 19.1 Å². The molecule has 2 rings (SSSR count). The zero-order valence-corrected chi connectivity index (χ0v) is 17.3. The molecule has 4 nitrogen and oxygen atoms in total. The van der Waals surface area contributed by atoms with E-state index in [2.05, 4.69) is 15.2 Å². The van der Waals surface area contributed by atoms with Crippen molar-refractivity contribution in [1.29, 1.82) is 0 Å². The van der Waals surface area contributed by atoms with Crippen LogP contribution in [0.3, 0.4) is 0 Å². The van der Waals surface area contributed by atoms with E-state index in [-0.39, 0.29) is 11.7 Å². The molecule has 0 saturated carbocycles. The molecule has 1 fully saturated rings. The van der Waals surface area contributed by atoms with Crippen molar-refractivity contribution in [2.75, 3.05) is 45.8 Å². The van der Waals surface area contributed by atoms with Gasteiger partial charge in [0.15, 0.2) is 5.96 Å². The first-order valence-electron chi connectivity index (χ1n) is 10.4. The first-order chi connectivity index (χ1) is 13.8. The van der Waals surface area contributed by atoms with E-state index in [0.29, 0.717) is 26.2 Å². The molecule has 0 aliphatic carbocycles. The van der Waals surface area contributed by atoms with Gasteiger partial charge in [-0.3, -0.25) is 9.89 Å². The summed E-state index contributed by atoms with van der Waals surface area (Å²) < 4.78 is 51.3. The Hall–Kier alpha value is -1.83. The van der Waals surface area contributed by atoms with Crippen molar-refractivity contribution in [1.82, 2.24) is 15.1 Å². The number of hydrogen-bond acceptors (Lipinski definition) is 2. The van der Waals surface area contributed by atoms with Gasteiger partial charge in [0.1, 0.15) is 5.82 Å². The summed E-state index contributed by atoms with van der Waals surface area (Å²) in [6, 6.07) is 6.59. The van der Waals surface area contributed by atoms with E-state index in [4.69, 9.17) is 0 Å². The maximum Gasteiger partial charge on any atom is 0.401 e. The summed E-state index contributed by atoms with van der Waals surface area (Å²) >= 11 is 0. The molecule has 1 heterocycles. The molecule has 164 valence electrons. The third-order valence-electron chi connectivity index (χ3n) is 5.06. The minimum Gasteiger partial charge on any atom is -0.357 e. The number of likely N-dealkylation sites (tertiary alicyclic amines) is 1. The molecule has 0 bridgehead atoms. The topological polar surface area (TPSA) is 30.9 Å². The predicted octanol–water partition coefficient (Wildman–Crippen LogP) is 3.93. The first kappa shape index (κ1) is 23.4. The van der Waals surface area contributed by atoms with Gasteiger partial charge in [0.2, 0.25) is 0 Å². The van der Waals surface area contributed by atoms with Gasteiger partial charge in [-0.15, -0.1) is 0 Å². The van der Waals surface area contributed by atoms with Crippen molar-refractivity contribution in [3.8, 4) is 0 Å². The van der Waals surface area contributed by atoms with Crippen molar-refractivity contribution in [2.45, 2.75) is 39.3 Å². The largest absolute Gasteiger partial charge is 0.401 e. The van der Waals surface area contributed by atoms with Crippen LogP contribution in [-0.2, 0) is 6.42 Å². The van der Waals surface area contributed by atoms with Crippen molar-refractivity contribution in [2.24, 2.45) is 10.9 Å². The van der Waals surface area contributed by atoms with Gasteiger partial charge in [-0.2, -0.15) is 13.2 Å². The molecule has 0 amide bonds. The van der Waals surface area contributed by atoms with E-state index in [9.17, 15) is 17.6 Å². The number of hydrogen-bond donors (Lipinski definition) is 1. The van der Waals surface area contributed by atoms with Crippen LogP contribution in [0.15, 0.2) is 29.3 Å². The van der Waals surface area contributed by atoms with Crippen LogP contribution in [0.1, 0.15) is 32.3 Å². The molecule has 0 aromatic heterocycles. The molecular weight excluding hydrogens is 384 g/mol. The Labute approximate surface area is 171 Å². The van der Waals surface area contributed by atoms with E-state index in [1.807, 2.05) is 13.0 Å². The quantitative estimate of drug-likeness (QED) is 0.286. The van der Waals surface area contributed by atoms with Crippen molar-refractivity contribution < 1.29 is 17.6 Å². The summed E-state index contributed by atoms with van der Waals surface area (Å²) in [5.74, 6) is 0.788. The number of alkyl halides is 3. The highest BCUT2D eigenvalue weighted by Crippen LogP contribution is 2.21. The van der Waals surface area contributed by atoms with Crippen LogP contribution in [0.5, 0.6) is 0 Å². The fraction of sp³-hybridized carbons (Fsp3) is 0.667. The lowest BCUT2D eigenvalue weighted by atomic mass is 10.1. The van der Waals surface area contributed by atoms with Crippen LogP contribution in [0.2, 0.25) is 0 Å². The molecule has 1 saturated heterocycles. The Bertz CT molecular complexity index is 648. The number of aryl methyl sites for hydroxylation is 1. The number of rotatable bonds is 9. The van der Waals surface area contributed by atoms with Gasteiger partial charge < -0.3 is 10.2 Å². The van der Waals surface area contributed by atoms with Crippen LogP contribution >= 0.6 is 0 Å². The van der Waals surface area contributed by atoms with Gasteiger partial charge >= 0.3 is 6.18 Å². The van der Waals surface area contributed by atoms with E-state index in [1.165, 1.54) is 11.0 Å². The lowest BCUT2D eigenvalue weighted by Crippen LogP contribution is -2.42. The molecule has 1 atom stereocenters. The zero-order valence-electron chi connectivity index (χ0n) is 17.3. The lowest BCUT2D eigenvalue weighted by molar-refractivity contribution is -0.146. The molecule has 0 spiro atoms. The third-order valence-corrected chi connectivity index (χ3v) is 5.06. The second-order valence-electron chi connectivity index (χ2n) is 7.51. The standard InChI is InChI=1S/C21H32F4N4/c1-3-26-20(27-11-6-8-17-7-5-9-19(22)13-17)29-12-10-18(15-29)14-28(4-2)16-21(23,24)25/h5,7,9,13,18H,3-4,6,8,10-12,14-16H2,1-2H3,(H,26,27). The van der Waals surface area contributed by atoms with Crippen LogP contribution in [0, 0.1) is 11.7 Å². The highest BCUT2D eigenvalue weighted by atomic mass is 19.4. The molecular formula is C21H32F4N4. The van der Waals surface area contributed by atoms with Gasteiger partial charge in [0.25, 0.3) is 0 Å².